The Morgan fingerprint density at radius 2 is 1.27 bits per heavy atom. The van der Waals surface area contributed by atoms with Crippen LogP contribution in [0.25, 0.3) is 27.5 Å². The molecule has 0 aliphatic carbocycles. The zero-order chi connectivity index (χ0) is 30.8. The van der Waals surface area contributed by atoms with Gasteiger partial charge in [0.2, 0.25) is 0 Å². The molecule has 3 heterocycles. The van der Waals surface area contributed by atoms with E-state index in [9.17, 15) is 0 Å². The second-order valence-corrected chi connectivity index (χ2v) is 15.5. The van der Waals surface area contributed by atoms with Crippen molar-refractivity contribution in [3.8, 4) is 17.2 Å². The van der Waals surface area contributed by atoms with Gasteiger partial charge in [-0.1, -0.05) is 122 Å². The third-order valence-corrected chi connectivity index (χ3v) is 10.2. The van der Waals surface area contributed by atoms with Gasteiger partial charge < -0.3 is 9.30 Å². The fourth-order valence-corrected chi connectivity index (χ4v) is 8.04. The van der Waals surface area contributed by atoms with E-state index in [4.69, 9.17) is 4.74 Å². The number of aromatic nitrogens is 1. The van der Waals surface area contributed by atoms with Crippen LogP contribution in [0.5, 0.6) is 11.5 Å². The van der Waals surface area contributed by atoms with Crippen LogP contribution >= 0.6 is 0 Å². The van der Waals surface area contributed by atoms with Gasteiger partial charge >= 0.3 is 0 Å². The number of hydrogen-bond donors (Lipinski definition) is 0. The van der Waals surface area contributed by atoms with Gasteiger partial charge in [0.1, 0.15) is 11.5 Å². The standard InChI is InChI=1S/C41H40BNO/c1-39(2,3)25-17-21-35-32(23-25)42-31-24-26(43-33-15-11-9-13-27(33)28-14-10-12-16-34(28)43)18-19-29(31)41(7,8)37-30(40(4,5)6)20-22-36(44-35)38(37)42/h9-24H,1-8H3. The van der Waals surface area contributed by atoms with Gasteiger partial charge in [0.15, 0.2) is 0 Å². The number of para-hydroxylation sites is 2. The Balaban J connectivity index is 1.47. The zero-order valence-corrected chi connectivity index (χ0v) is 27.2. The highest BCUT2D eigenvalue weighted by molar-refractivity contribution is 6.98. The maximum Gasteiger partial charge on any atom is 0.251 e. The summed E-state index contributed by atoms with van der Waals surface area (Å²) in [5, 5.41) is 2.57. The van der Waals surface area contributed by atoms with Gasteiger partial charge in [-0.05, 0) is 80.4 Å². The Kier molecular flexibility index (Phi) is 5.53. The van der Waals surface area contributed by atoms with E-state index in [2.05, 4.69) is 157 Å². The van der Waals surface area contributed by atoms with Crippen molar-refractivity contribution in [1.82, 2.24) is 4.57 Å². The van der Waals surface area contributed by atoms with Crippen LogP contribution in [-0.4, -0.2) is 11.3 Å². The molecule has 0 radical (unpaired) electrons. The molecule has 1 aromatic heterocycles. The monoisotopic (exact) mass is 573 g/mol. The fraction of sp³-hybridized carbons (Fsp3) is 0.268. The van der Waals surface area contributed by atoms with E-state index in [1.54, 1.807) is 0 Å². The average Bonchev–Trinajstić information content (AvgIpc) is 3.32. The average molecular weight is 574 g/mol. The Hall–Kier alpha value is -4.24. The molecule has 2 nitrogen and oxygen atoms in total. The Morgan fingerprint density at radius 3 is 1.91 bits per heavy atom. The summed E-state index contributed by atoms with van der Waals surface area (Å²) < 4.78 is 9.23. The van der Waals surface area contributed by atoms with Gasteiger partial charge in [-0.25, -0.2) is 0 Å². The van der Waals surface area contributed by atoms with Gasteiger partial charge in [-0.3, -0.25) is 0 Å². The van der Waals surface area contributed by atoms with Crippen LogP contribution < -0.4 is 21.1 Å². The predicted octanol–water partition coefficient (Wildman–Crippen LogP) is 8.64. The number of rotatable bonds is 1. The number of hydrogen-bond acceptors (Lipinski definition) is 1. The van der Waals surface area contributed by atoms with Gasteiger partial charge in [0, 0.05) is 21.9 Å². The number of nitrogens with zero attached hydrogens (tertiary/aromatic N) is 1. The maximum absolute atomic E-state index is 6.78. The fourth-order valence-electron chi connectivity index (χ4n) is 8.04. The highest BCUT2D eigenvalue weighted by atomic mass is 16.5. The summed E-state index contributed by atoms with van der Waals surface area (Å²) in [6, 6.07) is 36.2. The molecule has 44 heavy (non-hydrogen) atoms. The third kappa shape index (κ3) is 3.74. The Labute approximate surface area is 261 Å². The molecule has 2 aliphatic rings. The molecule has 3 heteroatoms. The van der Waals surface area contributed by atoms with Gasteiger partial charge in [-0.2, -0.15) is 0 Å². The van der Waals surface area contributed by atoms with E-state index in [0.29, 0.717) is 0 Å². The van der Waals surface area contributed by atoms with Crippen LogP contribution in [0.15, 0.2) is 97.1 Å². The van der Waals surface area contributed by atoms with Crippen LogP contribution in [0, 0.1) is 0 Å². The quantitative estimate of drug-likeness (QED) is 0.179. The van der Waals surface area contributed by atoms with Crippen molar-refractivity contribution in [3.63, 3.8) is 0 Å². The van der Waals surface area contributed by atoms with Crippen LogP contribution in [0.3, 0.4) is 0 Å². The van der Waals surface area contributed by atoms with E-state index >= 15 is 0 Å². The van der Waals surface area contributed by atoms with E-state index in [1.807, 2.05) is 0 Å². The van der Waals surface area contributed by atoms with Gasteiger partial charge in [0.05, 0.1) is 11.0 Å². The summed E-state index contributed by atoms with van der Waals surface area (Å²) in [6.45, 7) is 18.8. The molecular weight excluding hydrogens is 533 g/mol. The molecule has 0 spiro atoms. The summed E-state index contributed by atoms with van der Waals surface area (Å²) >= 11 is 0. The third-order valence-electron chi connectivity index (χ3n) is 10.2. The number of benzene rings is 5. The van der Waals surface area contributed by atoms with E-state index < -0.39 is 0 Å². The number of ether oxygens (including phenoxy) is 1. The van der Waals surface area contributed by atoms with E-state index in [-0.39, 0.29) is 23.0 Å². The van der Waals surface area contributed by atoms with Crippen molar-refractivity contribution in [1.29, 1.82) is 0 Å². The minimum absolute atomic E-state index is 0.000133. The maximum atomic E-state index is 6.78. The molecule has 0 saturated heterocycles. The molecular formula is C41H40BNO. The lowest BCUT2D eigenvalue weighted by atomic mass is 9.30. The summed E-state index contributed by atoms with van der Waals surface area (Å²) in [7, 11) is 0. The largest absolute Gasteiger partial charge is 0.458 e. The molecule has 0 saturated carbocycles. The highest BCUT2D eigenvalue weighted by Crippen LogP contribution is 2.44. The minimum atomic E-state index is -0.193. The van der Waals surface area contributed by atoms with Crippen LogP contribution in [-0.2, 0) is 16.2 Å². The first-order chi connectivity index (χ1) is 20.9. The van der Waals surface area contributed by atoms with Crippen molar-refractivity contribution in [2.45, 2.75) is 71.6 Å². The predicted molar refractivity (Wildman–Crippen MR) is 188 cm³/mol. The first kappa shape index (κ1) is 27.3. The molecule has 0 unspecified atom stereocenters. The lowest BCUT2D eigenvalue weighted by Gasteiger charge is -2.45. The van der Waals surface area contributed by atoms with Crippen molar-refractivity contribution in [3.05, 3.63) is 119 Å². The summed E-state index contributed by atoms with van der Waals surface area (Å²) in [6.07, 6.45) is 0. The van der Waals surface area contributed by atoms with E-state index in [1.165, 1.54) is 66.1 Å². The van der Waals surface area contributed by atoms with Gasteiger partial charge in [0.25, 0.3) is 6.71 Å². The highest BCUT2D eigenvalue weighted by Gasteiger charge is 2.47. The zero-order valence-electron chi connectivity index (χ0n) is 27.2. The minimum Gasteiger partial charge on any atom is -0.458 e. The van der Waals surface area contributed by atoms with Crippen LogP contribution in [0.1, 0.15) is 77.6 Å². The molecule has 5 aromatic carbocycles. The van der Waals surface area contributed by atoms with Gasteiger partial charge in [-0.15, -0.1) is 0 Å². The molecule has 6 aromatic rings. The lowest BCUT2D eigenvalue weighted by molar-refractivity contribution is 0.479. The summed E-state index contributed by atoms with van der Waals surface area (Å²) in [5.41, 5.74) is 13.1. The van der Waals surface area contributed by atoms with Crippen molar-refractivity contribution in [2.24, 2.45) is 0 Å². The van der Waals surface area contributed by atoms with Crippen LogP contribution in [0.2, 0.25) is 0 Å². The molecule has 0 fully saturated rings. The first-order valence-corrected chi connectivity index (χ1v) is 16.0. The van der Waals surface area contributed by atoms with E-state index in [0.717, 1.165) is 11.5 Å². The Bertz CT molecular complexity index is 2100. The summed E-state index contributed by atoms with van der Waals surface area (Å²) in [4.78, 5) is 0. The molecule has 0 atom stereocenters. The number of fused-ring (bicyclic) bond motifs is 7. The molecule has 218 valence electrons. The summed E-state index contributed by atoms with van der Waals surface area (Å²) in [5.74, 6) is 1.97. The smallest absolute Gasteiger partial charge is 0.251 e. The lowest BCUT2D eigenvalue weighted by Crippen LogP contribution is -2.63. The molecule has 8 rings (SSSR count). The molecule has 2 aliphatic heterocycles. The SMILES string of the molecule is CC(C)(C)c1ccc2c(c1)B1c3cc(-n4c5ccccc5c5ccccc54)ccc3C(C)(C)c3c(C(C)(C)C)ccc(c31)O2. The molecule has 0 N–H and O–H groups in total. The second-order valence-electron chi connectivity index (χ2n) is 15.5. The van der Waals surface area contributed by atoms with Crippen LogP contribution in [0.4, 0.5) is 0 Å². The normalized spacial score (nSPS) is 15.1. The topological polar surface area (TPSA) is 14.2 Å². The Morgan fingerprint density at radius 1 is 0.636 bits per heavy atom. The van der Waals surface area contributed by atoms with Crippen molar-refractivity contribution in [2.75, 3.05) is 0 Å². The van der Waals surface area contributed by atoms with Crippen molar-refractivity contribution >= 4 is 44.9 Å². The van der Waals surface area contributed by atoms with Crippen molar-refractivity contribution < 1.29 is 4.74 Å². The molecule has 0 bridgehead atoms. The second kappa shape index (κ2) is 8.91. The molecule has 0 amide bonds. The first-order valence-electron chi connectivity index (χ1n) is 16.0.